The Balaban J connectivity index is 0.000000267. The number of hydrogen-bond donors (Lipinski definition) is 2. The minimum atomic E-state index is -1.81. The second-order valence-corrected chi connectivity index (χ2v) is 7.42. The normalized spacial score (nSPS) is 10.3. The molecule has 0 radical (unpaired) electrons. The van der Waals surface area contributed by atoms with Gasteiger partial charge in [-0.1, -0.05) is 50.2 Å². The van der Waals surface area contributed by atoms with Crippen molar-refractivity contribution in [2.45, 2.75) is 26.7 Å². The molecule has 0 saturated heterocycles. The van der Waals surface area contributed by atoms with Gasteiger partial charge < -0.3 is 40.1 Å². The van der Waals surface area contributed by atoms with Gasteiger partial charge in [0.25, 0.3) is 0 Å². The van der Waals surface area contributed by atoms with Crippen molar-refractivity contribution in [1.82, 2.24) is 0 Å². The largest absolute Gasteiger partial charge is 2.00 e. The fourth-order valence-corrected chi connectivity index (χ4v) is 3.07. The van der Waals surface area contributed by atoms with Crippen LogP contribution in [0.3, 0.4) is 0 Å². The third-order valence-corrected chi connectivity index (χ3v) is 5.33. The molecule has 10 nitrogen and oxygen atoms in total. The molecule has 0 saturated carbocycles. The molecule has 0 aliphatic carbocycles. The molecule has 0 aliphatic rings. The predicted octanol–water partition coefficient (Wildman–Crippen LogP) is 1.04. The van der Waals surface area contributed by atoms with Crippen molar-refractivity contribution < 1.29 is 49.1 Å². The monoisotopic (exact) mass is 586 g/mol. The summed E-state index contributed by atoms with van der Waals surface area (Å²) in [6.07, 6.45) is -0.0116. The fourth-order valence-electron chi connectivity index (χ4n) is 3.07. The average molecular weight is 587 g/mol. The summed E-state index contributed by atoms with van der Waals surface area (Å²) in [7, 11) is 0. The van der Waals surface area contributed by atoms with Gasteiger partial charge in [-0.2, -0.15) is 0 Å². The van der Waals surface area contributed by atoms with Crippen LogP contribution in [-0.2, 0) is 30.0 Å². The maximum absolute atomic E-state index is 10.9. The number of carbonyl (C=O) groups excluding carboxylic acids is 2. The van der Waals surface area contributed by atoms with E-state index >= 15 is 0 Å². The number of carbonyl (C=O) groups is 2. The number of anilines is 2. The zero-order valence-electron chi connectivity index (χ0n) is 19.4. The molecule has 192 valence electrons. The third-order valence-electron chi connectivity index (χ3n) is 5.33. The van der Waals surface area contributed by atoms with Gasteiger partial charge in [0.2, 0.25) is 0 Å². The number of benzene rings is 2. The van der Waals surface area contributed by atoms with Gasteiger partial charge in [0.15, 0.2) is 0 Å². The molecule has 0 atom stereocenters. The first-order valence-electron chi connectivity index (χ1n) is 10.5. The summed E-state index contributed by atoms with van der Waals surface area (Å²) in [6, 6.07) is 17.7. The van der Waals surface area contributed by atoms with E-state index in [1.807, 2.05) is 36.4 Å². The van der Waals surface area contributed by atoms with Crippen LogP contribution in [0.4, 0.5) is 11.4 Å². The maximum Gasteiger partial charge on any atom is 2.00 e. The Kier molecular flexibility index (Phi) is 11.1. The molecule has 0 bridgehead atoms. The molecule has 4 aromatic rings. The Hall–Kier alpha value is -3.94. The molecule has 4 rings (SSSR count). The predicted molar refractivity (Wildman–Crippen MR) is 127 cm³/mol. The zero-order chi connectivity index (χ0) is 26.2. The summed E-state index contributed by atoms with van der Waals surface area (Å²) in [4.78, 5) is 42.7. The first kappa shape index (κ1) is 30.1. The van der Waals surface area contributed by atoms with E-state index in [0.29, 0.717) is 11.2 Å². The van der Waals surface area contributed by atoms with Gasteiger partial charge in [-0.3, -0.25) is 0 Å². The number of para-hydroxylation sites is 2. The van der Waals surface area contributed by atoms with Gasteiger partial charge in [0, 0.05) is 16.2 Å². The van der Waals surface area contributed by atoms with Crippen LogP contribution in [0.25, 0.3) is 21.9 Å². The van der Waals surface area contributed by atoms with Crippen molar-refractivity contribution in [2.75, 3.05) is 11.5 Å². The number of hydrogen-bond acceptors (Lipinski definition) is 10. The topological polar surface area (TPSA) is 193 Å². The smallest absolute Gasteiger partial charge is 0.549 e. The number of rotatable bonds is 4. The minimum absolute atomic E-state index is 0. The van der Waals surface area contributed by atoms with Crippen LogP contribution in [-0.4, -0.2) is 11.9 Å². The number of fused-ring (bicyclic) bond motifs is 2. The molecule has 0 amide bonds. The molecule has 4 N–H and O–H groups in total. The molecular formula is C25H24N2O8Pd. The van der Waals surface area contributed by atoms with Crippen LogP contribution in [0.2, 0.25) is 0 Å². The summed E-state index contributed by atoms with van der Waals surface area (Å²) in [5.41, 5.74) is 9.42. The van der Waals surface area contributed by atoms with Crippen molar-refractivity contribution in [3.63, 3.8) is 0 Å². The van der Waals surface area contributed by atoms with Crippen LogP contribution in [0.5, 0.6) is 0 Å². The minimum Gasteiger partial charge on any atom is -0.549 e. The van der Waals surface area contributed by atoms with E-state index in [4.69, 9.17) is 20.3 Å². The second kappa shape index (κ2) is 13.2. The summed E-state index contributed by atoms with van der Waals surface area (Å²) >= 11 is 0. The number of carboxylic acids is 2. The Labute approximate surface area is 219 Å². The van der Waals surface area contributed by atoms with E-state index in [0.717, 1.165) is 10.8 Å². The molecule has 0 unspecified atom stereocenters. The second-order valence-electron chi connectivity index (χ2n) is 7.42. The van der Waals surface area contributed by atoms with Gasteiger partial charge in [0.1, 0.15) is 22.5 Å². The molecule has 2 aromatic carbocycles. The summed E-state index contributed by atoms with van der Waals surface area (Å²) < 4.78 is 9.82. The van der Waals surface area contributed by atoms with Gasteiger partial charge >= 0.3 is 31.7 Å². The molecule has 2 aromatic heterocycles. The Morgan fingerprint density at radius 3 is 1.36 bits per heavy atom. The van der Waals surface area contributed by atoms with Crippen LogP contribution in [0.15, 0.2) is 79.1 Å². The fraction of sp³-hybridized carbons (Fsp3) is 0.200. The summed E-state index contributed by atoms with van der Waals surface area (Å²) in [6.45, 7) is 2.96. The molecule has 11 heteroatoms. The van der Waals surface area contributed by atoms with Crippen LogP contribution in [0, 0.1) is 5.41 Å². The first-order chi connectivity index (χ1) is 16.5. The molecule has 36 heavy (non-hydrogen) atoms. The van der Waals surface area contributed by atoms with E-state index in [-0.39, 0.29) is 44.6 Å². The van der Waals surface area contributed by atoms with Crippen molar-refractivity contribution in [2.24, 2.45) is 5.41 Å². The SMILES string of the molecule is CCC(CC)(C(=O)[O-])C(=O)[O-].Nc1cc2ccccc2oc1=O.Nc1cc2ccccc2oc1=O.[Pd+2]. The third kappa shape index (κ3) is 7.04. The number of nitrogen functional groups attached to an aromatic ring is 2. The van der Waals surface area contributed by atoms with Crippen LogP contribution in [0.1, 0.15) is 26.7 Å². The van der Waals surface area contributed by atoms with Gasteiger partial charge in [-0.05, 0) is 37.1 Å². The van der Waals surface area contributed by atoms with Crippen molar-refractivity contribution >= 4 is 45.3 Å². The van der Waals surface area contributed by atoms with E-state index in [1.165, 1.54) is 13.8 Å². The molecule has 0 fully saturated rings. The Morgan fingerprint density at radius 1 is 0.750 bits per heavy atom. The molecular weight excluding hydrogens is 563 g/mol. The quantitative estimate of drug-likeness (QED) is 0.198. The van der Waals surface area contributed by atoms with E-state index in [9.17, 15) is 29.4 Å². The number of nitrogens with two attached hydrogens (primary N) is 2. The van der Waals surface area contributed by atoms with Gasteiger partial charge in [0.05, 0.1) is 11.9 Å². The average Bonchev–Trinajstić information content (AvgIpc) is 2.82. The van der Waals surface area contributed by atoms with E-state index in [2.05, 4.69) is 0 Å². The molecule has 0 aliphatic heterocycles. The van der Waals surface area contributed by atoms with Gasteiger partial charge in [-0.25, -0.2) is 9.59 Å². The Morgan fingerprint density at radius 2 is 1.08 bits per heavy atom. The van der Waals surface area contributed by atoms with Crippen molar-refractivity contribution in [3.8, 4) is 0 Å². The maximum atomic E-state index is 10.9. The summed E-state index contributed by atoms with van der Waals surface area (Å²) in [5.74, 6) is -3.13. The van der Waals surface area contributed by atoms with Crippen LogP contribution >= 0.6 is 0 Å². The van der Waals surface area contributed by atoms with Crippen molar-refractivity contribution in [1.29, 1.82) is 0 Å². The zero-order valence-corrected chi connectivity index (χ0v) is 21.0. The summed E-state index contributed by atoms with van der Waals surface area (Å²) in [5, 5.41) is 22.5. The number of aliphatic carboxylic acids is 2. The molecule has 2 heterocycles. The van der Waals surface area contributed by atoms with E-state index in [1.54, 1.807) is 24.3 Å². The van der Waals surface area contributed by atoms with Gasteiger partial charge in [-0.15, -0.1) is 0 Å². The Bertz CT molecular complexity index is 1350. The van der Waals surface area contributed by atoms with E-state index < -0.39 is 28.6 Å². The standard InChI is InChI=1S/2C9H7NO2.C7H12O4.Pd/c2*10-7-5-6-3-1-2-4-8(6)12-9(7)11;1-3-7(4-2,5(8)9)6(10)11;/h2*1-5H,10H2;3-4H2,1-2H3,(H,8,9)(H,10,11);/q;;;+2/p-2. The first-order valence-corrected chi connectivity index (χ1v) is 10.5. The van der Waals surface area contributed by atoms with Crippen LogP contribution < -0.4 is 32.9 Å². The number of carboxylic acid groups (broad SMARTS) is 2. The molecule has 0 spiro atoms. The van der Waals surface area contributed by atoms with Crippen molar-refractivity contribution in [3.05, 3.63) is 81.5 Å².